The number of amides is 2. The van der Waals surface area contributed by atoms with E-state index in [1.807, 2.05) is 24.1 Å². The molecule has 0 aromatic carbocycles. The van der Waals surface area contributed by atoms with Crippen molar-refractivity contribution in [3.8, 4) is 0 Å². The standard InChI is InChI=1S/C18H20N4O2/c1-12-8-13-10-19-5-4-16(13)22(12)17(23)14-9-15(20-11-14)18(24)21-6-2-3-7-21/h4-5,9-12,20H,2-3,6-8H2,1H3. The smallest absolute Gasteiger partial charge is 0.270 e. The summed E-state index contributed by atoms with van der Waals surface area (Å²) in [6, 6.07) is 3.64. The van der Waals surface area contributed by atoms with Crippen LogP contribution in [-0.2, 0) is 6.42 Å². The van der Waals surface area contributed by atoms with E-state index < -0.39 is 0 Å². The highest BCUT2D eigenvalue weighted by Gasteiger charge is 2.32. The third kappa shape index (κ3) is 2.38. The highest BCUT2D eigenvalue weighted by Crippen LogP contribution is 2.32. The molecule has 2 aliphatic heterocycles. The van der Waals surface area contributed by atoms with Gasteiger partial charge in [-0.3, -0.25) is 14.6 Å². The van der Waals surface area contributed by atoms with Crippen molar-refractivity contribution in [1.82, 2.24) is 14.9 Å². The number of aromatic nitrogens is 2. The molecule has 6 nitrogen and oxygen atoms in total. The summed E-state index contributed by atoms with van der Waals surface area (Å²) in [7, 11) is 0. The zero-order chi connectivity index (χ0) is 16.7. The maximum absolute atomic E-state index is 12.9. The second-order valence-electron chi connectivity index (χ2n) is 6.53. The van der Waals surface area contributed by atoms with Crippen molar-refractivity contribution in [2.24, 2.45) is 0 Å². The summed E-state index contributed by atoms with van der Waals surface area (Å²) >= 11 is 0. The normalized spacial score (nSPS) is 19.6. The fourth-order valence-electron chi connectivity index (χ4n) is 3.64. The van der Waals surface area contributed by atoms with Crippen molar-refractivity contribution in [3.63, 3.8) is 0 Å². The molecule has 1 unspecified atom stereocenters. The Labute approximate surface area is 140 Å². The molecular weight excluding hydrogens is 304 g/mol. The molecule has 1 atom stereocenters. The minimum atomic E-state index is -0.0795. The molecule has 2 amide bonds. The van der Waals surface area contributed by atoms with Gasteiger partial charge in [0.25, 0.3) is 11.8 Å². The summed E-state index contributed by atoms with van der Waals surface area (Å²) in [6.45, 7) is 3.62. The third-order valence-electron chi connectivity index (χ3n) is 4.87. The third-order valence-corrected chi connectivity index (χ3v) is 4.87. The maximum atomic E-state index is 12.9. The maximum Gasteiger partial charge on any atom is 0.270 e. The average Bonchev–Trinajstić information content (AvgIpc) is 3.32. The first kappa shape index (κ1) is 14.9. The second kappa shape index (κ2) is 5.78. The van der Waals surface area contributed by atoms with E-state index in [-0.39, 0.29) is 17.9 Å². The van der Waals surface area contributed by atoms with E-state index in [0.29, 0.717) is 11.3 Å². The first-order valence-corrected chi connectivity index (χ1v) is 8.39. The zero-order valence-electron chi connectivity index (χ0n) is 13.7. The number of hydrogen-bond acceptors (Lipinski definition) is 3. The van der Waals surface area contributed by atoms with Crippen LogP contribution in [-0.4, -0.2) is 45.8 Å². The van der Waals surface area contributed by atoms with Gasteiger partial charge < -0.3 is 14.8 Å². The van der Waals surface area contributed by atoms with E-state index in [1.54, 1.807) is 23.4 Å². The highest BCUT2D eigenvalue weighted by molar-refractivity contribution is 6.09. The topological polar surface area (TPSA) is 69.3 Å². The van der Waals surface area contributed by atoms with Crippen LogP contribution in [0, 0.1) is 0 Å². The first-order valence-electron chi connectivity index (χ1n) is 8.39. The predicted octanol–water partition coefficient (Wildman–Crippen LogP) is 2.24. The number of aromatic amines is 1. The fraction of sp³-hybridized carbons (Fsp3) is 0.389. The molecule has 6 heteroatoms. The van der Waals surface area contributed by atoms with Gasteiger partial charge >= 0.3 is 0 Å². The van der Waals surface area contributed by atoms with Gasteiger partial charge in [-0.25, -0.2) is 0 Å². The minimum absolute atomic E-state index is 0.0226. The van der Waals surface area contributed by atoms with Crippen molar-refractivity contribution in [3.05, 3.63) is 47.5 Å². The van der Waals surface area contributed by atoms with Crippen LogP contribution in [0.4, 0.5) is 5.69 Å². The summed E-state index contributed by atoms with van der Waals surface area (Å²) in [5.41, 5.74) is 3.01. The lowest BCUT2D eigenvalue weighted by atomic mass is 10.2. The van der Waals surface area contributed by atoms with Crippen molar-refractivity contribution in [1.29, 1.82) is 0 Å². The van der Waals surface area contributed by atoms with Crippen LogP contribution in [0.25, 0.3) is 0 Å². The van der Waals surface area contributed by atoms with Crippen molar-refractivity contribution in [2.45, 2.75) is 32.2 Å². The van der Waals surface area contributed by atoms with Crippen LogP contribution < -0.4 is 4.90 Å². The van der Waals surface area contributed by atoms with Gasteiger partial charge in [0, 0.05) is 37.7 Å². The molecule has 2 aromatic heterocycles. The highest BCUT2D eigenvalue weighted by atomic mass is 16.2. The molecule has 2 aromatic rings. The Morgan fingerprint density at radius 3 is 2.83 bits per heavy atom. The molecule has 24 heavy (non-hydrogen) atoms. The summed E-state index contributed by atoms with van der Waals surface area (Å²) in [4.78, 5) is 36.1. The number of carbonyl (C=O) groups is 2. The molecule has 1 saturated heterocycles. The van der Waals surface area contributed by atoms with Crippen LogP contribution in [0.2, 0.25) is 0 Å². The van der Waals surface area contributed by atoms with Crippen LogP contribution in [0.15, 0.2) is 30.7 Å². The predicted molar refractivity (Wildman–Crippen MR) is 90.1 cm³/mol. The summed E-state index contributed by atoms with van der Waals surface area (Å²) < 4.78 is 0. The minimum Gasteiger partial charge on any atom is -0.356 e. The lowest BCUT2D eigenvalue weighted by Crippen LogP contribution is -2.35. The van der Waals surface area contributed by atoms with Gasteiger partial charge in [-0.15, -0.1) is 0 Å². The lowest BCUT2D eigenvalue weighted by Gasteiger charge is -2.22. The van der Waals surface area contributed by atoms with E-state index in [4.69, 9.17) is 0 Å². The van der Waals surface area contributed by atoms with Crippen LogP contribution in [0.3, 0.4) is 0 Å². The van der Waals surface area contributed by atoms with Crippen LogP contribution in [0.1, 0.15) is 46.2 Å². The quantitative estimate of drug-likeness (QED) is 0.921. The Kier molecular flexibility index (Phi) is 3.59. The van der Waals surface area contributed by atoms with E-state index in [1.165, 1.54) is 0 Å². The Hall–Kier alpha value is -2.63. The zero-order valence-corrected chi connectivity index (χ0v) is 13.7. The van der Waals surface area contributed by atoms with Crippen molar-refractivity contribution in [2.75, 3.05) is 18.0 Å². The number of pyridine rings is 1. The molecule has 4 heterocycles. The van der Waals surface area contributed by atoms with Gasteiger partial charge in [-0.2, -0.15) is 0 Å². The molecule has 1 fully saturated rings. The Morgan fingerprint density at radius 1 is 1.25 bits per heavy atom. The molecule has 0 radical (unpaired) electrons. The van der Waals surface area contributed by atoms with Gasteiger partial charge in [-0.1, -0.05) is 0 Å². The summed E-state index contributed by atoms with van der Waals surface area (Å²) in [6.07, 6.45) is 8.06. The number of nitrogens with one attached hydrogen (secondary N) is 1. The van der Waals surface area contributed by atoms with Crippen molar-refractivity contribution >= 4 is 17.5 Å². The van der Waals surface area contributed by atoms with Gasteiger partial charge in [0.2, 0.25) is 0 Å². The van der Waals surface area contributed by atoms with E-state index in [0.717, 1.165) is 43.6 Å². The molecule has 1 N–H and O–H groups in total. The Morgan fingerprint density at radius 2 is 2.04 bits per heavy atom. The lowest BCUT2D eigenvalue weighted by molar-refractivity contribution is 0.0787. The molecule has 124 valence electrons. The van der Waals surface area contributed by atoms with Gasteiger partial charge in [0.1, 0.15) is 5.69 Å². The largest absolute Gasteiger partial charge is 0.356 e. The number of H-pyrrole nitrogens is 1. The molecule has 0 spiro atoms. The number of likely N-dealkylation sites (tertiary alicyclic amines) is 1. The van der Waals surface area contributed by atoms with E-state index in [9.17, 15) is 9.59 Å². The van der Waals surface area contributed by atoms with Crippen LogP contribution >= 0.6 is 0 Å². The second-order valence-corrected chi connectivity index (χ2v) is 6.53. The molecule has 2 aliphatic rings. The van der Waals surface area contributed by atoms with E-state index in [2.05, 4.69) is 9.97 Å². The number of anilines is 1. The number of rotatable bonds is 2. The van der Waals surface area contributed by atoms with Crippen LogP contribution in [0.5, 0.6) is 0 Å². The molecule has 0 aliphatic carbocycles. The molecule has 0 saturated carbocycles. The fourth-order valence-corrected chi connectivity index (χ4v) is 3.64. The Balaban J connectivity index is 1.58. The van der Waals surface area contributed by atoms with Gasteiger partial charge in [-0.05, 0) is 43.9 Å². The molecule has 0 bridgehead atoms. The van der Waals surface area contributed by atoms with Crippen molar-refractivity contribution < 1.29 is 9.59 Å². The van der Waals surface area contributed by atoms with Gasteiger partial charge in [0.15, 0.2) is 0 Å². The average molecular weight is 324 g/mol. The number of nitrogens with zero attached hydrogens (tertiary/aromatic N) is 3. The molecule has 4 rings (SSSR count). The first-order chi connectivity index (χ1) is 11.6. The number of carbonyl (C=O) groups excluding carboxylic acids is 2. The van der Waals surface area contributed by atoms with Gasteiger partial charge in [0.05, 0.1) is 11.3 Å². The van der Waals surface area contributed by atoms with E-state index >= 15 is 0 Å². The number of hydrogen-bond donors (Lipinski definition) is 1. The number of fused-ring (bicyclic) bond motifs is 1. The Bertz CT molecular complexity index is 792. The molecular formula is C18H20N4O2. The summed E-state index contributed by atoms with van der Waals surface area (Å²) in [5, 5.41) is 0. The monoisotopic (exact) mass is 324 g/mol. The summed E-state index contributed by atoms with van der Waals surface area (Å²) in [5.74, 6) is -0.102. The SMILES string of the molecule is CC1Cc2cnccc2N1C(=O)c1c[nH]c(C(=O)N2CCCC2)c1.